The Morgan fingerprint density at radius 2 is 1.97 bits per heavy atom. The normalized spacial score (nSPS) is 19.1. The Bertz CT molecular complexity index is 1040. The number of rotatable bonds is 7. The summed E-state index contributed by atoms with van der Waals surface area (Å²) in [5, 5.41) is 3.65. The van der Waals surface area contributed by atoms with Crippen LogP contribution in [0.2, 0.25) is 0 Å². The van der Waals surface area contributed by atoms with Crippen molar-refractivity contribution in [3.8, 4) is 0 Å². The monoisotopic (exact) mass is 497 g/mol. The minimum absolute atomic E-state index is 0.0827. The second-order valence-corrected chi connectivity index (χ2v) is 7.97. The van der Waals surface area contributed by atoms with Gasteiger partial charge in [0.15, 0.2) is 11.6 Å². The molecule has 2 aliphatic rings. The molecule has 1 aromatic carbocycles. The van der Waals surface area contributed by atoms with Gasteiger partial charge in [-0.25, -0.2) is 13.6 Å². The molecule has 0 saturated carbocycles. The average Bonchev–Trinajstić information content (AvgIpc) is 3.05. The van der Waals surface area contributed by atoms with Crippen LogP contribution < -0.4 is 15.1 Å². The van der Waals surface area contributed by atoms with Crippen molar-refractivity contribution in [2.45, 2.75) is 19.1 Å². The van der Waals surface area contributed by atoms with E-state index >= 15 is 8.78 Å². The van der Waals surface area contributed by atoms with Crippen LogP contribution in [0.4, 0.5) is 33.7 Å². The summed E-state index contributed by atoms with van der Waals surface area (Å²) in [6.45, 7) is 1.10. The number of amides is 2. The summed E-state index contributed by atoms with van der Waals surface area (Å²) in [6.07, 6.45) is -1.67. The van der Waals surface area contributed by atoms with Gasteiger partial charge in [-0.1, -0.05) is 6.07 Å². The Balaban J connectivity index is 1.40. The van der Waals surface area contributed by atoms with Crippen LogP contribution >= 0.6 is 0 Å². The van der Waals surface area contributed by atoms with E-state index in [1.807, 2.05) is 17.4 Å². The average molecular weight is 497 g/mol. The molecule has 2 aliphatic heterocycles. The number of nitrogens with zero attached hydrogens (tertiary/aromatic N) is 4. The number of hydroxylamine groups is 2. The van der Waals surface area contributed by atoms with Crippen molar-refractivity contribution in [1.29, 1.82) is 0 Å². The molecule has 0 radical (unpaired) electrons. The lowest BCUT2D eigenvalue weighted by atomic mass is 10.2. The van der Waals surface area contributed by atoms with Crippen molar-refractivity contribution in [3.63, 3.8) is 0 Å². The lowest BCUT2D eigenvalue weighted by Gasteiger charge is -2.24. The zero-order chi connectivity index (χ0) is 24.9. The molecule has 13 heteroatoms. The summed E-state index contributed by atoms with van der Waals surface area (Å²) in [7, 11) is 0. The van der Waals surface area contributed by atoms with Crippen molar-refractivity contribution in [1.82, 2.24) is 15.4 Å². The van der Waals surface area contributed by atoms with E-state index in [0.717, 1.165) is 22.6 Å². The Morgan fingerprint density at radius 1 is 1.20 bits per heavy atom. The van der Waals surface area contributed by atoms with Crippen molar-refractivity contribution in [3.05, 3.63) is 53.9 Å². The van der Waals surface area contributed by atoms with Gasteiger partial charge in [0, 0.05) is 44.2 Å². The van der Waals surface area contributed by atoms with Crippen LogP contribution in [0.1, 0.15) is 5.56 Å². The maximum atomic E-state index is 15.0. The van der Waals surface area contributed by atoms with Crippen LogP contribution in [-0.4, -0.2) is 73.9 Å². The van der Waals surface area contributed by atoms with Crippen molar-refractivity contribution >= 4 is 23.4 Å². The standard InChI is InChI=1S/C22H23F4N5O4/c23-17-8-15(31-13-16(35-22(31)33)11-28-21(32)20(25)26)9-18(24)19(17)29-4-5-30(34-7-6-29)12-14-2-1-3-27-10-14/h1-3,8-10,16,20H,4-7,11-13H2,(H,28,32)/t16-/m0/s1. The second-order valence-electron chi connectivity index (χ2n) is 7.97. The van der Waals surface area contributed by atoms with Crippen LogP contribution in [0.15, 0.2) is 36.7 Å². The Labute approximate surface area is 198 Å². The van der Waals surface area contributed by atoms with E-state index in [-0.39, 0.29) is 37.6 Å². The summed E-state index contributed by atoms with van der Waals surface area (Å²) < 4.78 is 59.7. The summed E-state index contributed by atoms with van der Waals surface area (Å²) >= 11 is 0. The maximum Gasteiger partial charge on any atom is 0.414 e. The molecule has 0 unspecified atom stereocenters. The fraction of sp³-hybridized carbons (Fsp3) is 0.409. The number of benzene rings is 1. The summed E-state index contributed by atoms with van der Waals surface area (Å²) in [5.41, 5.74) is 0.613. The molecule has 2 amide bonds. The number of cyclic esters (lactones) is 1. The molecule has 188 valence electrons. The van der Waals surface area contributed by atoms with Crippen LogP contribution in [0.3, 0.4) is 0 Å². The predicted molar refractivity (Wildman–Crippen MR) is 116 cm³/mol. The Hall–Kier alpha value is -3.45. The van der Waals surface area contributed by atoms with Gasteiger partial charge >= 0.3 is 12.5 Å². The topological polar surface area (TPSA) is 87.2 Å². The lowest BCUT2D eigenvalue weighted by Crippen LogP contribution is -2.37. The third-order valence-electron chi connectivity index (χ3n) is 5.54. The molecule has 0 aliphatic carbocycles. The zero-order valence-corrected chi connectivity index (χ0v) is 18.5. The first-order valence-corrected chi connectivity index (χ1v) is 10.9. The molecule has 9 nitrogen and oxygen atoms in total. The maximum absolute atomic E-state index is 15.0. The van der Waals surface area contributed by atoms with Crippen LogP contribution in [0.5, 0.6) is 0 Å². The molecule has 1 atom stereocenters. The number of aromatic nitrogens is 1. The fourth-order valence-corrected chi connectivity index (χ4v) is 3.87. The van der Waals surface area contributed by atoms with Gasteiger partial charge in [0.25, 0.3) is 5.91 Å². The highest BCUT2D eigenvalue weighted by molar-refractivity contribution is 5.90. The SMILES string of the molecule is O=C(NC[C@H]1CN(c2cc(F)c(N3CCON(Cc4cccnc4)CC3)c(F)c2)C(=O)O1)C(F)F. The molecule has 4 rings (SSSR count). The van der Waals surface area contributed by atoms with E-state index in [1.54, 1.807) is 17.5 Å². The second kappa shape index (κ2) is 10.9. The van der Waals surface area contributed by atoms with Crippen LogP contribution in [0, 0.1) is 11.6 Å². The number of carbonyl (C=O) groups is 2. The quantitative estimate of drug-likeness (QED) is 0.588. The van der Waals surface area contributed by atoms with E-state index < -0.39 is 36.2 Å². The van der Waals surface area contributed by atoms with Gasteiger partial charge < -0.3 is 15.0 Å². The molecule has 1 N–H and O–H groups in total. The first-order valence-electron chi connectivity index (χ1n) is 10.9. The molecular weight excluding hydrogens is 474 g/mol. The highest BCUT2D eigenvalue weighted by atomic mass is 19.3. The van der Waals surface area contributed by atoms with Gasteiger partial charge in [0.05, 0.1) is 31.9 Å². The molecule has 35 heavy (non-hydrogen) atoms. The summed E-state index contributed by atoms with van der Waals surface area (Å²) in [4.78, 5) is 35.4. The Kier molecular flexibility index (Phi) is 7.66. The van der Waals surface area contributed by atoms with Crippen LogP contribution in [0.25, 0.3) is 0 Å². The highest BCUT2D eigenvalue weighted by Gasteiger charge is 2.34. The van der Waals surface area contributed by atoms with Gasteiger partial charge in [-0.2, -0.15) is 13.8 Å². The smallest absolute Gasteiger partial charge is 0.414 e. The largest absolute Gasteiger partial charge is 0.442 e. The number of alkyl halides is 2. The number of hydrogen-bond acceptors (Lipinski definition) is 7. The Morgan fingerprint density at radius 3 is 2.66 bits per heavy atom. The fourth-order valence-electron chi connectivity index (χ4n) is 3.87. The molecular formula is C22H23F4N5O4. The molecule has 1 aromatic heterocycles. The molecule has 0 bridgehead atoms. The number of ether oxygens (including phenoxy) is 1. The van der Waals surface area contributed by atoms with Gasteiger partial charge in [0.2, 0.25) is 0 Å². The lowest BCUT2D eigenvalue weighted by molar-refractivity contribution is -0.154. The highest BCUT2D eigenvalue weighted by Crippen LogP contribution is 2.31. The van der Waals surface area contributed by atoms with E-state index in [1.165, 1.54) is 4.90 Å². The first kappa shape index (κ1) is 24.7. The first-order chi connectivity index (χ1) is 16.8. The van der Waals surface area contributed by atoms with E-state index in [9.17, 15) is 18.4 Å². The number of halogens is 4. The zero-order valence-electron chi connectivity index (χ0n) is 18.5. The molecule has 3 heterocycles. The molecule has 2 saturated heterocycles. The van der Waals surface area contributed by atoms with Gasteiger partial charge in [-0.3, -0.25) is 19.5 Å². The molecule has 2 fully saturated rings. The van der Waals surface area contributed by atoms with E-state index in [4.69, 9.17) is 9.57 Å². The van der Waals surface area contributed by atoms with Gasteiger partial charge in [-0.15, -0.1) is 0 Å². The third kappa shape index (κ3) is 5.98. The minimum atomic E-state index is -3.20. The summed E-state index contributed by atoms with van der Waals surface area (Å²) in [6, 6.07) is 5.74. The van der Waals surface area contributed by atoms with Crippen molar-refractivity contribution in [2.24, 2.45) is 0 Å². The van der Waals surface area contributed by atoms with E-state index in [0.29, 0.717) is 19.6 Å². The minimum Gasteiger partial charge on any atom is -0.442 e. The van der Waals surface area contributed by atoms with Crippen molar-refractivity contribution in [2.75, 3.05) is 49.1 Å². The van der Waals surface area contributed by atoms with E-state index in [2.05, 4.69) is 4.98 Å². The number of carbonyl (C=O) groups excluding carboxylic acids is 2. The number of hydrogen-bond donors (Lipinski definition) is 1. The number of anilines is 2. The van der Waals surface area contributed by atoms with Gasteiger partial charge in [0.1, 0.15) is 11.8 Å². The molecule has 2 aromatic rings. The number of nitrogens with one attached hydrogen (secondary N) is 1. The van der Waals surface area contributed by atoms with Crippen molar-refractivity contribution < 1.29 is 36.7 Å². The van der Waals surface area contributed by atoms with Gasteiger partial charge in [-0.05, 0) is 11.6 Å². The predicted octanol–water partition coefficient (Wildman–Crippen LogP) is 2.32. The third-order valence-corrected chi connectivity index (χ3v) is 5.54. The summed E-state index contributed by atoms with van der Waals surface area (Å²) in [5.74, 6) is -3.24. The number of pyridine rings is 1. The molecule has 0 spiro atoms. The van der Waals surface area contributed by atoms with Crippen LogP contribution in [-0.2, 0) is 20.9 Å².